The number of ether oxygens (including phenoxy) is 1. The molecule has 5 heteroatoms. The predicted octanol–water partition coefficient (Wildman–Crippen LogP) is 1.01. The molecule has 1 aliphatic heterocycles. The van der Waals surface area contributed by atoms with E-state index in [4.69, 9.17) is 4.74 Å². The number of nitrogens with zero attached hydrogens (tertiary/aromatic N) is 4. The molecule has 0 saturated carbocycles. The number of morpholine rings is 1. The van der Waals surface area contributed by atoms with E-state index in [0.717, 1.165) is 32.8 Å². The molecular formula is C13H18N4O. The van der Waals surface area contributed by atoms with Crippen molar-refractivity contribution in [2.75, 3.05) is 33.4 Å². The maximum Gasteiger partial charge on any atom is 0.0707 e. The number of fused-ring (bicyclic) bond motifs is 1. The first-order valence-corrected chi connectivity index (χ1v) is 6.29. The van der Waals surface area contributed by atoms with Crippen LogP contribution in [-0.4, -0.2) is 53.0 Å². The predicted molar refractivity (Wildman–Crippen MR) is 69.1 cm³/mol. The lowest BCUT2D eigenvalue weighted by atomic mass is 10.2. The summed E-state index contributed by atoms with van der Waals surface area (Å²) in [5.41, 5.74) is 2.43. The minimum absolute atomic E-state index is 0.819. The highest BCUT2D eigenvalue weighted by Gasteiger charge is 2.16. The zero-order valence-electron chi connectivity index (χ0n) is 10.6. The summed E-state index contributed by atoms with van der Waals surface area (Å²) in [4.78, 5) is 0. The van der Waals surface area contributed by atoms with Gasteiger partial charge in [-0.2, -0.15) is 5.10 Å². The third-order valence-corrected chi connectivity index (χ3v) is 3.38. The maximum atomic E-state index is 5.37. The van der Waals surface area contributed by atoms with Crippen LogP contribution in [0.2, 0.25) is 0 Å². The summed E-state index contributed by atoms with van der Waals surface area (Å²) in [5.74, 6) is 0. The molecule has 0 aliphatic carbocycles. The molecule has 18 heavy (non-hydrogen) atoms. The second-order valence-electron chi connectivity index (χ2n) is 4.58. The molecule has 2 aromatic rings. The van der Waals surface area contributed by atoms with Gasteiger partial charge in [0.05, 0.1) is 24.9 Å². The topological polar surface area (TPSA) is 33.0 Å². The molecule has 0 atom stereocenters. The Morgan fingerprint density at radius 1 is 1.33 bits per heavy atom. The van der Waals surface area contributed by atoms with Crippen LogP contribution in [0.5, 0.6) is 0 Å². The molecule has 96 valence electrons. The van der Waals surface area contributed by atoms with Crippen molar-refractivity contribution in [2.45, 2.75) is 6.54 Å². The molecule has 5 nitrogen and oxygen atoms in total. The van der Waals surface area contributed by atoms with Crippen LogP contribution < -0.4 is 0 Å². The smallest absolute Gasteiger partial charge is 0.0707 e. The summed E-state index contributed by atoms with van der Waals surface area (Å²) < 4.78 is 7.29. The lowest BCUT2D eigenvalue weighted by Gasteiger charge is -2.34. The monoisotopic (exact) mass is 246 g/mol. The van der Waals surface area contributed by atoms with Gasteiger partial charge in [0.15, 0.2) is 0 Å². The Labute approximate surface area is 107 Å². The van der Waals surface area contributed by atoms with Crippen molar-refractivity contribution in [3.05, 3.63) is 36.2 Å². The largest absolute Gasteiger partial charge is 0.379 e. The van der Waals surface area contributed by atoms with Gasteiger partial charge in [-0.1, -0.05) is 6.07 Å². The molecule has 3 heterocycles. The Morgan fingerprint density at radius 2 is 2.17 bits per heavy atom. The van der Waals surface area contributed by atoms with E-state index in [9.17, 15) is 0 Å². The molecule has 1 fully saturated rings. The van der Waals surface area contributed by atoms with Crippen molar-refractivity contribution in [1.82, 2.24) is 19.6 Å². The molecule has 3 rings (SSSR count). The van der Waals surface area contributed by atoms with Crippen molar-refractivity contribution < 1.29 is 4.74 Å². The maximum absolute atomic E-state index is 5.37. The van der Waals surface area contributed by atoms with E-state index >= 15 is 0 Å². The standard InChI is InChI=1S/C13H18N4O/c1-15(16-6-8-18-9-7-16)11-12-10-14-17-5-3-2-4-13(12)17/h2-5,10H,6-9,11H2,1H3. The average Bonchev–Trinajstić information content (AvgIpc) is 2.83. The van der Waals surface area contributed by atoms with Gasteiger partial charge in [0, 0.05) is 38.4 Å². The number of hydrogen-bond acceptors (Lipinski definition) is 4. The first kappa shape index (κ1) is 11.6. The van der Waals surface area contributed by atoms with Crippen LogP contribution in [0.4, 0.5) is 0 Å². The van der Waals surface area contributed by atoms with E-state index in [1.807, 2.05) is 23.0 Å². The fraction of sp³-hybridized carbons (Fsp3) is 0.462. The number of aromatic nitrogens is 2. The molecule has 0 N–H and O–H groups in total. The summed E-state index contributed by atoms with van der Waals surface area (Å²) in [6, 6.07) is 6.15. The van der Waals surface area contributed by atoms with Crippen molar-refractivity contribution in [3.63, 3.8) is 0 Å². The van der Waals surface area contributed by atoms with Gasteiger partial charge in [-0.3, -0.25) is 0 Å². The van der Waals surface area contributed by atoms with Gasteiger partial charge in [-0.25, -0.2) is 14.5 Å². The van der Waals surface area contributed by atoms with Crippen LogP contribution in [-0.2, 0) is 11.3 Å². The first-order chi connectivity index (χ1) is 8.84. The van der Waals surface area contributed by atoms with Gasteiger partial charge >= 0.3 is 0 Å². The Balaban J connectivity index is 1.75. The molecule has 0 radical (unpaired) electrons. The highest BCUT2D eigenvalue weighted by Crippen LogP contribution is 2.13. The summed E-state index contributed by atoms with van der Waals surface area (Å²) in [7, 11) is 2.12. The number of hydrogen-bond donors (Lipinski definition) is 0. The Bertz CT molecular complexity index is 518. The van der Waals surface area contributed by atoms with Crippen LogP contribution in [0, 0.1) is 0 Å². The van der Waals surface area contributed by atoms with E-state index in [1.54, 1.807) is 0 Å². The molecule has 0 spiro atoms. The summed E-state index contributed by atoms with van der Waals surface area (Å²) in [6.45, 7) is 4.46. The fourth-order valence-electron chi connectivity index (χ4n) is 2.35. The Hall–Kier alpha value is -1.43. The third kappa shape index (κ3) is 2.25. The summed E-state index contributed by atoms with van der Waals surface area (Å²) in [6.07, 6.45) is 3.93. The Morgan fingerprint density at radius 3 is 3.00 bits per heavy atom. The molecule has 2 aromatic heterocycles. The molecule has 0 bridgehead atoms. The third-order valence-electron chi connectivity index (χ3n) is 3.38. The molecule has 1 saturated heterocycles. The quantitative estimate of drug-likeness (QED) is 0.809. The zero-order chi connectivity index (χ0) is 12.4. The van der Waals surface area contributed by atoms with Gasteiger partial charge < -0.3 is 4.74 Å². The lowest BCUT2D eigenvalue weighted by molar-refractivity contribution is -0.0800. The van der Waals surface area contributed by atoms with Crippen LogP contribution in [0.3, 0.4) is 0 Å². The van der Waals surface area contributed by atoms with Gasteiger partial charge in [0.2, 0.25) is 0 Å². The van der Waals surface area contributed by atoms with E-state index in [0.29, 0.717) is 0 Å². The molecule has 0 amide bonds. The zero-order valence-corrected chi connectivity index (χ0v) is 10.6. The number of hydrazine groups is 1. The number of pyridine rings is 1. The SMILES string of the molecule is CN(Cc1cnn2ccccc12)N1CCOCC1. The molecule has 0 aromatic carbocycles. The van der Waals surface area contributed by atoms with Crippen molar-refractivity contribution >= 4 is 5.52 Å². The van der Waals surface area contributed by atoms with Gasteiger partial charge in [0.1, 0.15) is 0 Å². The first-order valence-electron chi connectivity index (χ1n) is 6.29. The minimum Gasteiger partial charge on any atom is -0.379 e. The highest BCUT2D eigenvalue weighted by molar-refractivity contribution is 5.53. The van der Waals surface area contributed by atoms with Crippen LogP contribution in [0.25, 0.3) is 5.52 Å². The van der Waals surface area contributed by atoms with E-state index < -0.39 is 0 Å². The average molecular weight is 246 g/mol. The second kappa shape index (κ2) is 5.06. The normalized spacial score (nSPS) is 17.7. The van der Waals surface area contributed by atoms with E-state index in [1.165, 1.54) is 11.1 Å². The fourth-order valence-corrected chi connectivity index (χ4v) is 2.35. The van der Waals surface area contributed by atoms with Crippen molar-refractivity contribution in [1.29, 1.82) is 0 Å². The summed E-state index contributed by atoms with van der Waals surface area (Å²) >= 11 is 0. The van der Waals surface area contributed by atoms with Crippen molar-refractivity contribution in [2.24, 2.45) is 0 Å². The highest BCUT2D eigenvalue weighted by atomic mass is 16.5. The Kier molecular flexibility index (Phi) is 3.27. The van der Waals surface area contributed by atoms with Crippen LogP contribution in [0.15, 0.2) is 30.6 Å². The summed E-state index contributed by atoms with van der Waals surface area (Å²) in [5, 5.41) is 8.95. The molecule has 1 aliphatic rings. The van der Waals surface area contributed by atoms with Crippen molar-refractivity contribution in [3.8, 4) is 0 Å². The van der Waals surface area contributed by atoms with Gasteiger partial charge in [-0.15, -0.1) is 0 Å². The van der Waals surface area contributed by atoms with Crippen LogP contribution in [0.1, 0.15) is 5.56 Å². The van der Waals surface area contributed by atoms with Gasteiger partial charge in [0.25, 0.3) is 0 Å². The molecule has 0 unspecified atom stereocenters. The van der Waals surface area contributed by atoms with E-state index in [-0.39, 0.29) is 0 Å². The van der Waals surface area contributed by atoms with E-state index in [2.05, 4.69) is 34.3 Å². The number of rotatable bonds is 3. The van der Waals surface area contributed by atoms with Gasteiger partial charge in [-0.05, 0) is 12.1 Å². The van der Waals surface area contributed by atoms with Crippen LogP contribution >= 0.6 is 0 Å². The second-order valence-corrected chi connectivity index (χ2v) is 4.58. The molecular weight excluding hydrogens is 228 g/mol. The minimum atomic E-state index is 0.819. The lowest BCUT2D eigenvalue weighted by Crippen LogP contribution is -2.46.